The van der Waals surface area contributed by atoms with E-state index in [1.807, 2.05) is 13.8 Å². The average Bonchev–Trinajstić information content (AvgIpc) is 2.13. The van der Waals surface area contributed by atoms with Crippen LogP contribution in [0.5, 0.6) is 0 Å². The Morgan fingerprint density at radius 2 is 1.57 bits per heavy atom. The Morgan fingerprint density at radius 3 is 1.79 bits per heavy atom. The lowest BCUT2D eigenvalue weighted by Crippen LogP contribution is -2.44. The van der Waals surface area contributed by atoms with Crippen molar-refractivity contribution >= 4 is 23.5 Å². The first-order valence-electron chi connectivity index (χ1n) is 4.24. The van der Waals surface area contributed by atoms with Crippen molar-refractivity contribution < 1.29 is 19.1 Å². The lowest BCUT2D eigenvalue weighted by Gasteiger charge is -2.22. The van der Waals surface area contributed by atoms with Crippen LogP contribution in [0, 0.1) is 5.92 Å². The molecule has 0 unspecified atom stereocenters. The third-order valence-corrected chi connectivity index (χ3v) is 2.17. The fourth-order valence-corrected chi connectivity index (χ4v) is 1.60. The molecule has 0 spiro atoms. The van der Waals surface area contributed by atoms with E-state index >= 15 is 0 Å². The van der Waals surface area contributed by atoms with Gasteiger partial charge in [0, 0.05) is 0 Å². The lowest BCUT2D eigenvalue weighted by molar-refractivity contribution is -0.157. The summed E-state index contributed by atoms with van der Waals surface area (Å²) >= 11 is 5.89. The average molecular weight is 223 g/mol. The molecule has 4 nitrogen and oxygen atoms in total. The van der Waals surface area contributed by atoms with Crippen LogP contribution in [0.4, 0.5) is 0 Å². The fraction of sp³-hybridized carbons (Fsp3) is 0.778. The van der Waals surface area contributed by atoms with Gasteiger partial charge in [0.15, 0.2) is 0 Å². The normalized spacial score (nSPS) is 11.3. The minimum absolute atomic E-state index is 0.0886. The van der Waals surface area contributed by atoms with E-state index in [4.69, 9.17) is 11.6 Å². The standard InChI is InChI=1S/C9H15ClO4/c1-6(2)5-9(10,7(11)13-3)8(12)14-4/h6H,5H2,1-4H3. The van der Waals surface area contributed by atoms with Crippen molar-refractivity contribution in [1.82, 2.24) is 0 Å². The molecule has 0 fully saturated rings. The van der Waals surface area contributed by atoms with Gasteiger partial charge < -0.3 is 9.47 Å². The van der Waals surface area contributed by atoms with Crippen LogP contribution in [-0.2, 0) is 19.1 Å². The van der Waals surface area contributed by atoms with Crippen molar-refractivity contribution in [2.75, 3.05) is 14.2 Å². The molecule has 0 radical (unpaired) electrons. The molecule has 5 heteroatoms. The van der Waals surface area contributed by atoms with E-state index in [9.17, 15) is 9.59 Å². The highest BCUT2D eigenvalue weighted by molar-refractivity contribution is 6.44. The number of carbonyl (C=O) groups excluding carboxylic acids is 2. The Kier molecular flexibility index (Phi) is 4.91. The fourth-order valence-electron chi connectivity index (χ4n) is 1.14. The molecule has 0 rings (SSSR count). The highest BCUT2D eigenvalue weighted by Gasteiger charge is 2.47. The van der Waals surface area contributed by atoms with Crippen LogP contribution in [0.25, 0.3) is 0 Å². The third kappa shape index (κ3) is 2.87. The van der Waals surface area contributed by atoms with Gasteiger partial charge in [0.25, 0.3) is 0 Å². The zero-order valence-electron chi connectivity index (χ0n) is 8.80. The molecule has 0 aromatic heterocycles. The minimum Gasteiger partial charge on any atom is -0.467 e. The monoisotopic (exact) mass is 222 g/mol. The summed E-state index contributed by atoms with van der Waals surface area (Å²) in [7, 11) is 2.37. The molecule has 0 saturated heterocycles. The van der Waals surface area contributed by atoms with Crippen molar-refractivity contribution in [3.8, 4) is 0 Å². The van der Waals surface area contributed by atoms with Gasteiger partial charge in [-0.25, -0.2) is 9.59 Å². The van der Waals surface area contributed by atoms with Gasteiger partial charge in [0.05, 0.1) is 14.2 Å². The van der Waals surface area contributed by atoms with Crippen LogP contribution in [0.2, 0.25) is 0 Å². The van der Waals surface area contributed by atoms with Gasteiger partial charge in [0.1, 0.15) is 0 Å². The summed E-state index contributed by atoms with van der Waals surface area (Å²) in [5.41, 5.74) is 0. The molecule has 0 heterocycles. The first kappa shape index (κ1) is 13.2. The predicted molar refractivity (Wildman–Crippen MR) is 52.1 cm³/mol. The minimum atomic E-state index is -1.71. The van der Waals surface area contributed by atoms with Crippen molar-refractivity contribution in [2.24, 2.45) is 5.92 Å². The number of alkyl halides is 1. The van der Waals surface area contributed by atoms with E-state index in [0.29, 0.717) is 0 Å². The Bertz CT molecular complexity index is 209. The Balaban J connectivity index is 4.84. The molecule has 0 saturated carbocycles. The number of hydrogen-bond donors (Lipinski definition) is 0. The summed E-state index contributed by atoms with van der Waals surface area (Å²) in [4.78, 5) is 20.9. The zero-order valence-corrected chi connectivity index (χ0v) is 9.55. The number of halogens is 1. The van der Waals surface area contributed by atoms with Gasteiger partial charge in [-0.05, 0) is 12.3 Å². The van der Waals surface area contributed by atoms with Crippen LogP contribution in [0.1, 0.15) is 20.3 Å². The molecule has 82 valence electrons. The number of methoxy groups -OCH3 is 2. The molecular formula is C9H15ClO4. The second-order valence-corrected chi connectivity index (χ2v) is 4.03. The summed E-state index contributed by atoms with van der Waals surface area (Å²) in [5, 5.41) is 0. The van der Waals surface area contributed by atoms with E-state index in [2.05, 4.69) is 9.47 Å². The first-order valence-corrected chi connectivity index (χ1v) is 4.62. The lowest BCUT2D eigenvalue weighted by atomic mass is 9.96. The van der Waals surface area contributed by atoms with E-state index in [0.717, 1.165) is 0 Å². The molecule has 0 aromatic carbocycles. The second-order valence-electron chi connectivity index (χ2n) is 3.38. The topological polar surface area (TPSA) is 52.6 Å². The van der Waals surface area contributed by atoms with Crippen molar-refractivity contribution in [2.45, 2.75) is 25.1 Å². The second kappa shape index (κ2) is 5.20. The van der Waals surface area contributed by atoms with E-state index in [-0.39, 0.29) is 12.3 Å². The Morgan fingerprint density at radius 1 is 1.21 bits per heavy atom. The van der Waals surface area contributed by atoms with E-state index < -0.39 is 16.8 Å². The molecule has 0 aromatic rings. The molecule has 0 aliphatic rings. The molecule has 0 N–H and O–H groups in total. The quantitative estimate of drug-likeness (QED) is 0.409. The van der Waals surface area contributed by atoms with Gasteiger partial charge in [0.2, 0.25) is 4.87 Å². The molecular weight excluding hydrogens is 208 g/mol. The maximum Gasteiger partial charge on any atom is 0.338 e. The van der Waals surface area contributed by atoms with E-state index in [1.165, 1.54) is 14.2 Å². The predicted octanol–water partition coefficient (Wildman–Crippen LogP) is 1.36. The Labute approximate surface area is 88.5 Å². The molecule has 0 bridgehead atoms. The summed E-state index contributed by atoms with van der Waals surface area (Å²) < 4.78 is 8.93. The smallest absolute Gasteiger partial charge is 0.338 e. The van der Waals surface area contributed by atoms with E-state index in [1.54, 1.807) is 0 Å². The van der Waals surface area contributed by atoms with Crippen LogP contribution < -0.4 is 0 Å². The number of carbonyl (C=O) groups is 2. The van der Waals surface area contributed by atoms with Crippen LogP contribution >= 0.6 is 11.6 Å². The Hall–Kier alpha value is -0.770. The maximum atomic E-state index is 11.3. The van der Waals surface area contributed by atoms with Crippen LogP contribution in [0.3, 0.4) is 0 Å². The number of ether oxygens (including phenoxy) is 2. The highest BCUT2D eigenvalue weighted by atomic mass is 35.5. The van der Waals surface area contributed by atoms with Gasteiger partial charge >= 0.3 is 11.9 Å². The molecule has 14 heavy (non-hydrogen) atoms. The number of rotatable bonds is 4. The maximum absolute atomic E-state index is 11.3. The summed E-state index contributed by atoms with van der Waals surface area (Å²) in [5.74, 6) is -1.47. The van der Waals surface area contributed by atoms with Crippen molar-refractivity contribution in [1.29, 1.82) is 0 Å². The summed E-state index contributed by atoms with van der Waals surface area (Å²) in [6.07, 6.45) is 0.188. The SMILES string of the molecule is COC(=O)C(Cl)(CC(C)C)C(=O)OC. The molecule has 0 aliphatic carbocycles. The third-order valence-electron chi connectivity index (χ3n) is 1.71. The van der Waals surface area contributed by atoms with Gasteiger partial charge in [-0.15, -0.1) is 0 Å². The van der Waals surface area contributed by atoms with Crippen LogP contribution in [0.15, 0.2) is 0 Å². The first-order chi connectivity index (χ1) is 6.38. The van der Waals surface area contributed by atoms with Gasteiger partial charge in [-0.1, -0.05) is 25.4 Å². The highest BCUT2D eigenvalue weighted by Crippen LogP contribution is 2.27. The van der Waals surface area contributed by atoms with Crippen molar-refractivity contribution in [3.05, 3.63) is 0 Å². The van der Waals surface area contributed by atoms with Gasteiger partial charge in [-0.2, -0.15) is 0 Å². The summed E-state index contributed by atoms with van der Waals surface area (Å²) in [6, 6.07) is 0. The molecule has 0 amide bonds. The number of hydrogen-bond acceptors (Lipinski definition) is 4. The zero-order chi connectivity index (χ0) is 11.4. The molecule has 0 aliphatic heterocycles. The van der Waals surface area contributed by atoms with Crippen LogP contribution in [-0.4, -0.2) is 31.0 Å². The summed E-state index contributed by atoms with van der Waals surface area (Å²) in [6.45, 7) is 3.70. The van der Waals surface area contributed by atoms with Crippen molar-refractivity contribution in [3.63, 3.8) is 0 Å². The largest absolute Gasteiger partial charge is 0.467 e. The molecule has 0 atom stereocenters. The number of esters is 2. The van der Waals surface area contributed by atoms with Gasteiger partial charge in [-0.3, -0.25) is 0 Å².